The predicted molar refractivity (Wildman–Crippen MR) is 96.8 cm³/mol. The summed E-state index contributed by atoms with van der Waals surface area (Å²) in [6, 6.07) is 19.3. The van der Waals surface area contributed by atoms with Crippen LogP contribution in [0.4, 0.5) is 10.5 Å². The van der Waals surface area contributed by atoms with Gasteiger partial charge >= 0.3 is 6.03 Å². The van der Waals surface area contributed by atoms with E-state index in [9.17, 15) is 4.79 Å². The highest BCUT2D eigenvalue weighted by atomic mass is 32.2. The van der Waals surface area contributed by atoms with E-state index in [4.69, 9.17) is 0 Å². The summed E-state index contributed by atoms with van der Waals surface area (Å²) in [5, 5.41) is 4.14. The maximum Gasteiger partial charge on any atom is 0.328 e. The van der Waals surface area contributed by atoms with Crippen molar-refractivity contribution in [3.8, 4) is 0 Å². The van der Waals surface area contributed by atoms with Crippen LogP contribution < -0.4 is 5.32 Å². The van der Waals surface area contributed by atoms with Crippen molar-refractivity contribution < 1.29 is 4.79 Å². The molecule has 4 nitrogen and oxygen atoms in total. The number of para-hydroxylation sites is 1. The van der Waals surface area contributed by atoms with Gasteiger partial charge in [-0.2, -0.15) is 0 Å². The maximum atomic E-state index is 12.7. The molecule has 0 aliphatic carbocycles. The number of aliphatic imine (C=N–C) groups is 1. The van der Waals surface area contributed by atoms with Crippen molar-refractivity contribution in [2.45, 2.75) is 18.7 Å². The van der Waals surface area contributed by atoms with Gasteiger partial charge in [-0.1, -0.05) is 67.2 Å². The van der Waals surface area contributed by atoms with Crippen LogP contribution in [-0.4, -0.2) is 27.9 Å². The molecule has 2 amide bonds. The van der Waals surface area contributed by atoms with Gasteiger partial charge in [-0.3, -0.25) is 9.89 Å². The summed E-state index contributed by atoms with van der Waals surface area (Å²) in [4.78, 5) is 19.0. The molecule has 2 aromatic carbocycles. The van der Waals surface area contributed by atoms with E-state index in [-0.39, 0.29) is 6.03 Å². The highest BCUT2D eigenvalue weighted by Gasteiger charge is 2.26. The number of carbonyl (C=O) groups excluding carboxylic acids is 1. The molecule has 5 heteroatoms. The molecular formula is C18H19N3OS. The monoisotopic (exact) mass is 325 g/mol. The number of amidine groups is 1. The van der Waals surface area contributed by atoms with Gasteiger partial charge in [0.15, 0.2) is 5.17 Å². The Morgan fingerprint density at radius 2 is 1.83 bits per heavy atom. The van der Waals surface area contributed by atoms with Crippen LogP contribution in [0.15, 0.2) is 65.7 Å². The third-order valence-electron chi connectivity index (χ3n) is 3.47. The molecule has 1 aliphatic rings. The highest BCUT2D eigenvalue weighted by Crippen LogP contribution is 2.25. The lowest BCUT2D eigenvalue weighted by Gasteiger charge is -2.23. The van der Waals surface area contributed by atoms with E-state index in [1.165, 1.54) is 0 Å². The second kappa shape index (κ2) is 7.33. The zero-order chi connectivity index (χ0) is 16.1. The molecule has 1 N–H and O–H groups in total. The minimum absolute atomic E-state index is 0.152. The number of urea groups is 1. The van der Waals surface area contributed by atoms with E-state index in [0.717, 1.165) is 23.0 Å². The summed E-state index contributed by atoms with van der Waals surface area (Å²) in [5.74, 6) is 0. The number of nitrogens with zero attached hydrogens (tertiary/aromatic N) is 2. The highest BCUT2D eigenvalue weighted by molar-refractivity contribution is 8.14. The number of carbonyl (C=O) groups is 1. The molecule has 118 valence electrons. The number of hydrogen-bond acceptors (Lipinski definition) is 3. The van der Waals surface area contributed by atoms with Gasteiger partial charge in [0.05, 0.1) is 13.1 Å². The van der Waals surface area contributed by atoms with Crippen LogP contribution in [-0.2, 0) is 6.54 Å². The number of thioether (sulfide) groups is 1. The number of nitrogens with one attached hydrogen (secondary N) is 1. The first-order valence-corrected chi connectivity index (χ1v) is 8.49. The Morgan fingerprint density at radius 3 is 2.43 bits per heavy atom. The molecule has 0 saturated carbocycles. The fraction of sp³-hybridized carbons (Fsp3) is 0.222. The van der Waals surface area contributed by atoms with Gasteiger partial charge in [-0.15, -0.1) is 0 Å². The summed E-state index contributed by atoms with van der Waals surface area (Å²) < 4.78 is 0. The van der Waals surface area contributed by atoms with Crippen molar-refractivity contribution in [3.63, 3.8) is 0 Å². The Kier molecular flexibility index (Phi) is 4.98. The van der Waals surface area contributed by atoms with Crippen molar-refractivity contribution in [1.29, 1.82) is 0 Å². The molecule has 1 heterocycles. The Bertz CT molecular complexity index is 688. The topological polar surface area (TPSA) is 44.7 Å². The summed E-state index contributed by atoms with van der Waals surface area (Å²) in [5.41, 5.74) is 1.87. The molecule has 0 unspecified atom stereocenters. The van der Waals surface area contributed by atoms with E-state index in [0.29, 0.717) is 11.8 Å². The largest absolute Gasteiger partial charge is 0.328 e. The van der Waals surface area contributed by atoms with Crippen LogP contribution in [0.25, 0.3) is 0 Å². The van der Waals surface area contributed by atoms with Gasteiger partial charge in [-0.05, 0) is 17.7 Å². The van der Waals surface area contributed by atoms with Gasteiger partial charge in [0, 0.05) is 10.9 Å². The SMILES string of the molecule is C[C@H]1CN=C(N(Cc2ccccc2)C(=O)Nc2ccccc2)S1. The molecule has 2 aromatic rings. The van der Waals surface area contributed by atoms with Gasteiger partial charge in [0.2, 0.25) is 0 Å². The number of rotatable bonds is 3. The summed E-state index contributed by atoms with van der Waals surface area (Å²) in [7, 11) is 0. The van der Waals surface area contributed by atoms with Crippen molar-refractivity contribution >= 4 is 28.6 Å². The molecule has 0 fully saturated rings. The first kappa shape index (κ1) is 15.6. The lowest BCUT2D eigenvalue weighted by Crippen LogP contribution is -2.37. The van der Waals surface area contributed by atoms with E-state index < -0.39 is 0 Å². The Morgan fingerprint density at radius 1 is 1.17 bits per heavy atom. The van der Waals surface area contributed by atoms with E-state index in [2.05, 4.69) is 17.2 Å². The lowest BCUT2D eigenvalue weighted by molar-refractivity contribution is 0.233. The molecule has 1 atom stereocenters. The van der Waals surface area contributed by atoms with Crippen LogP contribution in [0, 0.1) is 0 Å². The number of hydrogen-bond donors (Lipinski definition) is 1. The molecule has 0 saturated heterocycles. The average Bonchev–Trinajstić information content (AvgIpc) is 3.00. The maximum absolute atomic E-state index is 12.7. The second-order valence-corrected chi connectivity index (χ2v) is 6.83. The molecule has 0 radical (unpaired) electrons. The van der Waals surface area contributed by atoms with Crippen molar-refractivity contribution in [2.24, 2.45) is 4.99 Å². The zero-order valence-corrected chi connectivity index (χ0v) is 13.8. The first-order valence-electron chi connectivity index (χ1n) is 7.61. The van der Waals surface area contributed by atoms with Crippen LogP contribution in [0.5, 0.6) is 0 Å². The normalized spacial score (nSPS) is 16.7. The van der Waals surface area contributed by atoms with Crippen LogP contribution >= 0.6 is 11.8 Å². The fourth-order valence-electron chi connectivity index (χ4n) is 2.31. The standard InChI is InChI=1S/C18H19N3OS/c1-14-12-19-18(23-14)21(13-15-8-4-2-5-9-15)17(22)20-16-10-6-3-7-11-16/h2-11,14H,12-13H2,1H3,(H,20,22)/t14-/m0/s1. The molecule has 0 spiro atoms. The Hall–Kier alpha value is -2.27. The molecule has 0 bridgehead atoms. The number of anilines is 1. The van der Waals surface area contributed by atoms with Gasteiger partial charge < -0.3 is 5.32 Å². The minimum Gasteiger partial charge on any atom is -0.307 e. The van der Waals surface area contributed by atoms with Crippen LogP contribution in [0.1, 0.15) is 12.5 Å². The number of benzene rings is 2. The third kappa shape index (κ3) is 4.13. The van der Waals surface area contributed by atoms with Crippen LogP contribution in [0.3, 0.4) is 0 Å². The summed E-state index contributed by atoms with van der Waals surface area (Å²) in [6.45, 7) is 3.39. The molecule has 0 aromatic heterocycles. The van der Waals surface area contributed by atoms with Gasteiger partial charge in [-0.25, -0.2) is 4.79 Å². The molecule has 3 rings (SSSR count). The van der Waals surface area contributed by atoms with Crippen molar-refractivity contribution in [3.05, 3.63) is 66.2 Å². The summed E-state index contributed by atoms with van der Waals surface area (Å²) in [6.07, 6.45) is 0. The second-order valence-electron chi connectivity index (χ2n) is 5.42. The van der Waals surface area contributed by atoms with E-state index in [1.54, 1.807) is 16.7 Å². The summed E-state index contributed by atoms with van der Waals surface area (Å²) >= 11 is 1.65. The smallest absolute Gasteiger partial charge is 0.307 e. The average molecular weight is 325 g/mol. The quantitative estimate of drug-likeness (QED) is 0.918. The molecular weight excluding hydrogens is 306 g/mol. The van der Waals surface area contributed by atoms with Crippen LogP contribution in [0.2, 0.25) is 0 Å². The Labute approximate surface area is 140 Å². The fourth-order valence-corrected chi connectivity index (χ4v) is 3.25. The number of amides is 2. The van der Waals surface area contributed by atoms with E-state index >= 15 is 0 Å². The van der Waals surface area contributed by atoms with Crippen molar-refractivity contribution in [2.75, 3.05) is 11.9 Å². The van der Waals surface area contributed by atoms with Gasteiger partial charge in [0.25, 0.3) is 0 Å². The predicted octanol–water partition coefficient (Wildman–Crippen LogP) is 4.21. The Balaban J connectivity index is 1.78. The van der Waals surface area contributed by atoms with Gasteiger partial charge in [0.1, 0.15) is 0 Å². The van der Waals surface area contributed by atoms with Crippen molar-refractivity contribution in [1.82, 2.24) is 4.90 Å². The first-order chi connectivity index (χ1) is 11.2. The molecule has 23 heavy (non-hydrogen) atoms. The molecule has 1 aliphatic heterocycles. The lowest BCUT2D eigenvalue weighted by atomic mass is 10.2. The van der Waals surface area contributed by atoms with E-state index in [1.807, 2.05) is 60.7 Å². The minimum atomic E-state index is -0.152. The third-order valence-corrected chi connectivity index (χ3v) is 4.59. The zero-order valence-electron chi connectivity index (χ0n) is 13.0.